The minimum absolute atomic E-state index is 0.169. The van der Waals surface area contributed by atoms with Gasteiger partial charge in [-0.2, -0.15) is 5.10 Å². The summed E-state index contributed by atoms with van der Waals surface area (Å²) in [6.07, 6.45) is 0. The zero-order valence-electron chi connectivity index (χ0n) is 24.5. The summed E-state index contributed by atoms with van der Waals surface area (Å²) in [7, 11) is 1.61. The van der Waals surface area contributed by atoms with Gasteiger partial charge in [-0.15, -0.1) is 11.8 Å². The van der Waals surface area contributed by atoms with Crippen LogP contribution in [0.15, 0.2) is 72.8 Å². The summed E-state index contributed by atoms with van der Waals surface area (Å²) >= 11 is 1.55. The Kier molecular flexibility index (Phi) is 8.41. The molecule has 218 valence electrons. The van der Waals surface area contributed by atoms with Crippen LogP contribution in [0.3, 0.4) is 0 Å². The average molecular weight is 587 g/mol. The molecular weight excluding hydrogens is 551 g/mol. The van der Waals surface area contributed by atoms with Crippen LogP contribution in [0.1, 0.15) is 54.0 Å². The number of carbonyl (C=O) groups is 2. The number of benzene rings is 3. The Bertz CT molecular complexity index is 1590. The van der Waals surface area contributed by atoms with Crippen molar-refractivity contribution in [3.8, 4) is 11.4 Å². The Labute approximate surface area is 250 Å². The number of anilines is 1. The Morgan fingerprint density at radius 1 is 1.10 bits per heavy atom. The van der Waals surface area contributed by atoms with Crippen molar-refractivity contribution in [1.82, 2.24) is 15.1 Å². The summed E-state index contributed by atoms with van der Waals surface area (Å²) in [5, 5.41) is 7.85. The van der Waals surface area contributed by atoms with E-state index in [2.05, 4.69) is 51.2 Å². The van der Waals surface area contributed by atoms with Crippen molar-refractivity contribution in [2.24, 2.45) is 0 Å². The minimum Gasteiger partial charge on any atom is -0.497 e. The van der Waals surface area contributed by atoms with Crippen LogP contribution in [-0.2, 0) is 21.5 Å². The molecule has 0 fully saturated rings. The van der Waals surface area contributed by atoms with Crippen LogP contribution in [0.25, 0.3) is 5.69 Å². The molecule has 1 aliphatic rings. The number of fused-ring (bicyclic) bond motifs is 1. The van der Waals surface area contributed by atoms with Crippen molar-refractivity contribution in [2.75, 3.05) is 24.3 Å². The molecule has 2 heterocycles. The van der Waals surface area contributed by atoms with Gasteiger partial charge in [0.25, 0.3) is 0 Å². The second-order valence-corrected chi connectivity index (χ2v) is 12.5. The summed E-state index contributed by atoms with van der Waals surface area (Å²) in [6.45, 7) is 8.43. The molecule has 5 rings (SSSR count). The number of nitrogens with one attached hydrogen (secondary N) is 1. The summed E-state index contributed by atoms with van der Waals surface area (Å²) in [5.41, 5.74) is 5.15. The number of nitrogens with zero attached hydrogens (tertiary/aromatic N) is 3. The zero-order valence-corrected chi connectivity index (χ0v) is 25.3. The number of rotatable bonds is 7. The van der Waals surface area contributed by atoms with E-state index in [1.54, 1.807) is 40.6 Å². The number of aromatic nitrogens is 2. The molecule has 0 saturated heterocycles. The van der Waals surface area contributed by atoms with Gasteiger partial charge in [0.15, 0.2) is 0 Å². The molecule has 0 spiro atoms. The molecule has 1 atom stereocenters. The van der Waals surface area contributed by atoms with Crippen molar-refractivity contribution in [3.05, 3.63) is 107 Å². The molecule has 42 heavy (non-hydrogen) atoms. The van der Waals surface area contributed by atoms with E-state index in [9.17, 15) is 14.0 Å². The van der Waals surface area contributed by atoms with Gasteiger partial charge in [0.2, 0.25) is 11.8 Å². The normalized spacial score (nSPS) is 15.2. The largest absolute Gasteiger partial charge is 0.497 e. The van der Waals surface area contributed by atoms with Crippen LogP contribution in [0, 0.1) is 12.7 Å². The van der Waals surface area contributed by atoms with E-state index in [-0.39, 0.29) is 47.1 Å². The lowest BCUT2D eigenvalue weighted by Crippen LogP contribution is -2.42. The fraction of sp³-hybridized carbons (Fsp3) is 0.303. The van der Waals surface area contributed by atoms with Crippen LogP contribution in [0.5, 0.6) is 5.75 Å². The van der Waals surface area contributed by atoms with E-state index >= 15 is 0 Å². The molecule has 4 aromatic rings. The zero-order chi connectivity index (χ0) is 30.0. The van der Waals surface area contributed by atoms with E-state index < -0.39 is 0 Å². The van der Waals surface area contributed by atoms with Crippen molar-refractivity contribution >= 4 is 29.4 Å². The molecular formula is C33H35FN4O3S. The van der Waals surface area contributed by atoms with Gasteiger partial charge in [-0.1, -0.05) is 62.7 Å². The molecule has 0 bridgehead atoms. The van der Waals surface area contributed by atoms with Gasteiger partial charge >= 0.3 is 0 Å². The molecule has 7 nitrogen and oxygen atoms in total. The molecule has 1 aliphatic heterocycles. The lowest BCUT2D eigenvalue weighted by molar-refractivity contribution is -0.123. The third-order valence-electron chi connectivity index (χ3n) is 7.17. The smallest absolute Gasteiger partial charge is 0.240 e. The van der Waals surface area contributed by atoms with Crippen LogP contribution in [0.4, 0.5) is 10.2 Å². The van der Waals surface area contributed by atoms with Crippen LogP contribution < -0.4 is 15.0 Å². The number of hydrogen-bond donors (Lipinski definition) is 1. The Hall–Kier alpha value is -4.11. The SMILES string of the molecule is COc1ccc(-n2nc(C(C)(C)C)c3c2N(CC(=O)NCc2ccc(F)cc2)C(=O)CS[C@@H]3c2cccc(C)c2)cc1. The minimum atomic E-state index is -0.353. The highest BCUT2D eigenvalue weighted by Gasteiger charge is 2.40. The van der Waals surface area contributed by atoms with Crippen LogP contribution in [-0.4, -0.2) is 41.0 Å². The first-order chi connectivity index (χ1) is 20.0. The number of amides is 2. The molecule has 0 unspecified atom stereocenters. The van der Waals surface area contributed by atoms with Crippen molar-refractivity contribution in [2.45, 2.75) is 44.9 Å². The molecule has 3 aromatic carbocycles. The predicted octanol–water partition coefficient (Wildman–Crippen LogP) is 6.11. The third-order valence-corrected chi connectivity index (χ3v) is 8.42. The second kappa shape index (κ2) is 12.0. The number of methoxy groups -OCH3 is 1. The fourth-order valence-corrected chi connectivity index (χ4v) is 6.26. The quantitative estimate of drug-likeness (QED) is 0.283. The number of thioether (sulfide) groups is 1. The summed E-state index contributed by atoms with van der Waals surface area (Å²) in [4.78, 5) is 28.7. The van der Waals surface area contributed by atoms with Crippen LogP contribution >= 0.6 is 11.8 Å². The van der Waals surface area contributed by atoms with Gasteiger partial charge in [0.1, 0.15) is 23.9 Å². The van der Waals surface area contributed by atoms with Crippen molar-refractivity contribution < 1.29 is 18.7 Å². The topological polar surface area (TPSA) is 76.5 Å². The van der Waals surface area contributed by atoms with Gasteiger partial charge in [-0.05, 0) is 54.4 Å². The van der Waals surface area contributed by atoms with Crippen LogP contribution in [0.2, 0.25) is 0 Å². The van der Waals surface area contributed by atoms with E-state index in [0.29, 0.717) is 11.6 Å². The van der Waals surface area contributed by atoms with Gasteiger partial charge < -0.3 is 10.1 Å². The Morgan fingerprint density at radius 3 is 2.45 bits per heavy atom. The van der Waals surface area contributed by atoms with E-state index in [1.807, 2.05) is 30.3 Å². The maximum atomic E-state index is 13.8. The highest BCUT2D eigenvalue weighted by molar-refractivity contribution is 8.00. The molecule has 2 amide bonds. The third kappa shape index (κ3) is 6.21. The molecule has 0 saturated carbocycles. The highest BCUT2D eigenvalue weighted by atomic mass is 32.2. The summed E-state index contributed by atoms with van der Waals surface area (Å²) < 4.78 is 20.5. The lowest BCUT2D eigenvalue weighted by Gasteiger charge is -2.24. The van der Waals surface area contributed by atoms with Gasteiger partial charge in [0, 0.05) is 17.5 Å². The standard InChI is InChI=1S/C33H35FN4O3S/c1-21-7-6-8-23(17-21)30-29-31(33(2,3)4)36-38(25-13-15-26(41-5)16-14-25)32(29)37(28(40)20-42-30)19-27(39)35-18-22-9-11-24(34)12-10-22/h6-17,30H,18-20H2,1-5H3,(H,35,39)/t30-/m1/s1. The maximum Gasteiger partial charge on any atom is 0.240 e. The summed E-state index contributed by atoms with van der Waals surface area (Å²) in [5.74, 6) is 0.652. The first-order valence-electron chi connectivity index (χ1n) is 13.8. The second-order valence-electron chi connectivity index (χ2n) is 11.4. The number of halogens is 1. The van der Waals surface area contributed by atoms with Gasteiger partial charge in [0.05, 0.1) is 29.5 Å². The first kappa shape index (κ1) is 29.4. The number of aryl methyl sites for hydroxylation is 1. The molecule has 0 radical (unpaired) electrons. The average Bonchev–Trinajstić information content (AvgIpc) is 3.30. The molecule has 1 N–H and O–H groups in total. The molecule has 9 heteroatoms. The van der Waals surface area contributed by atoms with Crippen molar-refractivity contribution in [3.63, 3.8) is 0 Å². The van der Waals surface area contributed by atoms with Gasteiger partial charge in [-0.3, -0.25) is 14.5 Å². The fourth-order valence-electron chi connectivity index (χ4n) is 5.08. The first-order valence-corrected chi connectivity index (χ1v) is 14.9. The number of ether oxygens (including phenoxy) is 1. The number of hydrogen-bond acceptors (Lipinski definition) is 5. The van der Waals surface area contributed by atoms with E-state index in [4.69, 9.17) is 9.84 Å². The molecule has 0 aliphatic carbocycles. The summed E-state index contributed by atoms with van der Waals surface area (Å²) in [6, 6.07) is 21.8. The van der Waals surface area contributed by atoms with E-state index in [1.165, 1.54) is 12.1 Å². The molecule has 1 aromatic heterocycles. The Morgan fingerprint density at radius 2 is 1.81 bits per heavy atom. The van der Waals surface area contributed by atoms with Gasteiger partial charge in [-0.25, -0.2) is 9.07 Å². The Balaban J connectivity index is 1.63. The number of carbonyl (C=O) groups excluding carboxylic acids is 2. The lowest BCUT2D eigenvalue weighted by atomic mass is 9.87. The van der Waals surface area contributed by atoms with E-state index in [0.717, 1.165) is 33.6 Å². The van der Waals surface area contributed by atoms with Crippen molar-refractivity contribution in [1.29, 1.82) is 0 Å². The highest BCUT2D eigenvalue weighted by Crippen LogP contribution is 2.48. The maximum absolute atomic E-state index is 13.8. The predicted molar refractivity (Wildman–Crippen MR) is 165 cm³/mol. The monoisotopic (exact) mass is 586 g/mol.